The van der Waals surface area contributed by atoms with Crippen LogP contribution in [-0.2, 0) is 0 Å². The van der Waals surface area contributed by atoms with Crippen molar-refractivity contribution in [2.45, 2.75) is 53.6 Å². The molecule has 0 saturated heterocycles. The van der Waals surface area contributed by atoms with Crippen molar-refractivity contribution in [1.82, 2.24) is 9.80 Å². The van der Waals surface area contributed by atoms with E-state index >= 15 is 0 Å². The molecule has 0 unspecified atom stereocenters. The van der Waals surface area contributed by atoms with E-state index in [9.17, 15) is 20.0 Å². The maximum atomic E-state index is 13.5. The highest BCUT2D eigenvalue weighted by atomic mass is 16.4. The van der Waals surface area contributed by atoms with E-state index in [0.717, 1.165) is 0 Å². The summed E-state index contributed by atoms with van der Waals surface area (Å²) in [5.41, 5.74) is 1.28. The zero-order valence-electron chi connectivity index (χ0n) is 21.3. The Bertz CT molecular complexity index is 968. The molecule has 188 valence electrons. The molecule has 8 heteroatoms. The van der Waals surface area contributed by atoms with Crippen molar-refractivity contribution in [3.05, 3.63) is 71.8 Å². The molecule has 0 fully saturated rings. The molecule has 2 atom stereocenters. The summed E-state index contributed by atoms with van der Waals surface area (Å²) in [5.74, 6) is -0.396. The number of carbonyl (C=O) groups excluding carboxylic acids is 2. The second-order valence-electron chi connectivity index (χ2n) is 9.60. The van der Waals surface area contributed by atoms with Crippen molar-refractivity contribution in [1.29, 1.82) is 0 Å². The number of hydrogen-bond donors (Lipinski definition) is 2. The molecule has 0 bridgehead atoms. The van der Waals surface area contributed by atoms with Crippen LogP contribution in [0.2, 0.25) is 0 Å². The number of amides is 2. The quantitative estimate of drug-likeness (QED) is 0.290. The molecule has 0 heterocycles. The molecule has 0 saturated carbocycles. The summed E-state index contributed by atoms with van der Waals surface area (Å²) in [7, 11) is 0. The lowest BCUT2D eigenvalue weighted by Crippen LogP contribution is -2.53. The van der Waals surface area contributed by atoms with Gasteiger partial charge in [0, 0.05) is 29.6 Å². The lowest BCUT2D eigenvalue weighted by atomic mass is 9.89. The number of nitrogens with zero attached hydrogens (tertiary/aromatic N) is 4. The predicted octanol–water partition coefficient (Wildman–Crippen LogP) is 4.77. The first kappa shape index (κ1) is 27.6. The maximum absolute atomic E-state index is 13.5. The van der Waals surface area contributed by atoms with Crippen LogP contribution < -0.4 is 0 Å². The van der Waals surface area contributed by atoms with Crippen LogP contribution in [0.1, 0.15) is 62.3 Å². The Morgan fingerprint density at radius 1 is 0.743 bits per heavy atom. The number of rotatable bonds is 10. The van der Waals surface area contributed by atoms with Crippen LogP contribution in [0.25, 0.3) is 0 Å². The second-order valence-corrected chi connectivity index (χ2v) is 9.60. The summed E-state index contributed by atoms with van der Waals surface area (Å²) in [6.07, 6.45) is 0. The van der Waals surface area contributed by atoms with E-state index < -0.39 is 17.5 Å². The summed E-state index contributed by atoms with van der Waals surface area (Å²) in [6, 6.07) is 16.9. The van der Waals surface area contributed by atoms with Gasteiger partial charge in [-0.15, -0.1) is 0 Å². The standard InChI is InChI=1S/C27H36N4O4/c1-19(28-34)21(3)30(25(32)23-13-9-7-10-14-23)17-27(5,6)18-31(22(4)20(2)29-35)26(33)24-15-11-8-12-16-24/h7-16,21-22,34-35H,17-18H2,1-6H3/b28-19+,29-20+/t21-,22-/m0/s1. The first-order chi connectivity index (χ1) is 16.5. The minimum absolute atomic E-state index is 0.198. The van der Waals surface area contributed by atoms with E-state index in [1.807, 2.05) is 39.8 Å². The highest BCUT2D eigenvalue weighted by Gasteiger charge is 2.35. The first-order valence-corrected chi connectivity index (χ1v) is 11.6. The molecule has 0 radical (unpaired) electrons. The first-order valence-electron chi connectivity index (χ1n) is 11.6. The summed E-state index contributed by atoms with van der Waals surface area (Å²) in [6.45, 7) is 11.5. The molecule has 0 spiro atoms. The zero-order chi connectivity index (χ0) is 26.2. The normalized spacial score (nSPS) is 14.2. The van der Waals surface area contributed by atoms with Gasteiger partial charge < -0.3 is 20.2 Å². The largest absolute Gasteiger partial charge is 0.411 e. The number of oxime groups is 2. The lowest BCUT2D eigenvalue weighted by Gasteiger charge is -2.40. The van der Waals surface area contributed by atoms with E-state index in [0.29, 0.717) is 22.6 Å². The molecule has 2 aromatic rings. The minimum Gasteiger partial charge on any atom is -0.411 e. The van der Waals surface area contributed by atoms with Gasteiger partial charge in [0.15, 0.2) is 0 Å². The third-order valence-electron chi connectivity index (χ3n) is 6.22. The van der Waals surface area contributed by atoms with Gasteiger partial charge in [0.1, 0.15) is 0 Å². The highest BCUT2D eigenvalue weighted by molar-refractivity contribution is 5.99. The van der Waals surface area contributed by atoms with Gasteiger partial charge in [-0.05, 0) is 52.0 Å². The fourth-order valence-electron chi connectivity index (χ4n) is 3.85. The number of hydrogen-bond acceptors (Lipinski definition) is 6. The Morgan fingerprint density at radius 2 is 1.06 bits per heavy atom. The van der Waals surface area contributed by atoms with Crippen molar-refractivity contribution in [2.75, 3.05) is 13.1 Å². The molecule has 2 amide bonds. The Morgan fingerprint density at radius 3 is 1.34 bits per heavy atom. The molecule has 2 rings (SSSR count). The average molecular weight is 481 g/mol. The van der Waals surface area contributed by atoms with Gasteiger partial charge in [0.2, 0.25) is 0 Å². The molecule has 0 aromatic heterocycles. The lowest BCUT2D eigenvalue weighted by molar-refractivity contribution is 0.0523. The van der Waals surface area contributed by atoms with E-state index in [4.69, 9.17) is 0 Å². The minimum atomic E-state index is -0.567. The van der Waals surface area contributed by atoms with Gasteiger partial charge in [-0.3, -0.25) is 9.59 Å². The topological polar surface area (TPSA) is 106 Å². The van der Waals surface area contributed by atoms with Crippen LogP contribution >= 0.6 is 0 Å². The van der Waals surface area contributed by atoms with Crippen LogP contribution in [-0.4, -0.2) is 68.6 Å². The van der Waals surface area contributed by atoms with E-state index in [-0.39, 0.29) is 24.9 Å². The third kappa shape index (κ3) is 7.15. The van der Waals surface area contributed by atoms with Gasteiger partial charge in [-0.25, -0.2) is 0 Å². The zero-order valence-corrected chi connectivity index (χ0v) is 21.3. The Balaban J connectivity index is 2.41. The van der Waals surface area contributed by atoms with E-state index in [2.05, 4.69) is 10.3 Å². The summed E-state index contributed by atoms with van der Waals surface area (Å²) >= 11 is 0. The molecule has 35 heavy (non-hydrogen) atoms. The van der Waals surface area contributed by atoms with Gasteiger partial charge in [-0.2, -0.15) is 0 Å². The van der Waals surface area contributed by atoms with Crippen molar-refractivity contribution in [3.8, 4) is 0 Å². The second kappa shape index (κ2) is 12.1. The summed E-state index contributed by atoms with van der Waals surface area (Å²) in [5, 5.41) is 25.4. The number of carbonyl (C=O) groups is 2. The molecule has 0 aliphatic heterocycles. The molecular formula is C27H36N4O4. The van der Waals surface area contributed by atoms with Gasteiger partial charge in [0.05, 0.1) is 23.5 Å². The molecular weight excluding hydrogens is 444 g/mol. The van der Waals surface area contributed by atoms with Crippen molar-refractivity contribution in [2.24, 2.45) is 15.7 Å². The smallest absolute Gasteiger partial charge is 0.254 e. The average Bonchev–Trinajstić information content (AvgIpc) is 2.88. The Kier molecular flexibility index (Phi) is 9.57. The number of benzene rings is 2. The van der Waals surface area contributed by atoms with E-state index in [1.54, 1.807) is 72.2 Å². The Labute approximate surface area is 207 Å². The van der Waals surface area contributed by atoms with Crippen LogP contribution in [0.5, 0.6) is 0 Å². The van der Waals surface area contributed by atoms with Gasteiger partial charge in [0.25, 0.3) is 11.8 Å². The van der Waals surface area contributed by atoms with Gasteiger partial charge >= 0.3 is 0 Å². The summed E-state index contributed by atoms with van der Waals surface area (Å²) in [4.78, 5) is 30.3. The molecule has 0 aliphatic rings. The SMILES string of the molecule is C/C(=N\O)[C@H](C)N(CC(C)(C)CN(C(=O)c1ccccc1)[C@@H](C)/C(C)=N/O)C(=O)c1ccccc1. The van der Waals surface area contributed by atoms with Gasteiger partial charge in [-0.1, -0.05) is 60.6 Å². The Hall–Kier alpha value is -3.68. The molecule has 2 aromatic carbocycles. The van der Waals surface area contributed by atoms with Crippen molar-refractivity contribution in [3.63, 3.8) is 0 Å². The van der Waals surface area contributed by atoms with Crippen LogP contribution in [0.15, 0.2) is 71.0 Å². The molecule has 2 N–H and O–H groups in total. The summed E-state index contributed by atoms with van der Waals surface area (Å²) < 4.78 is 0. The fraction of sp³-hybridized carbons (Fsp3) is 0.407. The van der Waals surface area contributed by atoms with Crippen molar-refractivity contribution < 1.29 is 20.0 Å². The highest BCUT2D eigenvalue weighted by Crippen LogP contribution is 2.25. The maximum Gasteiger partial charge on any atom is 0.254 e. The van der Waals surface area contributed by atoms with E-state index in [1.165, 1.54) is 0 Å². The molecule has 0 aliphatic carbocycles. The fourth-order valence-corrected chi connectivity index (χ4v) is 3.85. The molecule has 8 nitrogen and oxygen atoms in total. The predicted molar refractivity (Wildman–Crippen MR) is 137 cm³/mol. The van der Waals surface area contributed by atoms with Crippen molar-refractivity contribution >= 4 is 23.2 Å². The monoisotopic (exact) mass is 480 g/mol. The van der Waals surface area contributed by atoms with Crippen LogP contribution in [0, 0.1) is 5.41 Å². The van der Waals surface area contributed by atoms with Crippen LogP contribution in [0.4, 0.5) is 0 Å². The van der Waals surface area contributed by atoms with Crippen LogP contribution in [0.3, 0.4) is 0 Å². The third-order valence-corrected chi connectivity index (χ3v) is 6.22.